The van der Waals surface area contributed by atoms with E-state index in [4.69, 9.17) is 34.6 Å². The van der Waals surface area contributed by atoms with Gasteiger partial charge in [-0.25, -0.2) is 4.57 Å². The fourth-order valence-corrected chi connectivity index (χ4v) is 0. The third-order valence-electron chi connectivity index (χ3n) is 0. The normalized spacial score (nSPS) is 8.30. The molecule has 0 fully saturated rings. The number of nitrogens with zero attached hydrogens (tertiary/aromatic N) is 1. The largest absolute Gasteiger partial charge is 0.466 e. The van der Waals surface area contributed by atoms with Crippen molar-refractivity contribution in [1.82, 2.24) is 0 Å². The molecule has 0 bridgehead atoms. The molecular formula is H5ClNO7P. The predicted octanol–water partition coefficient (Wildman–Crippen LogP) is -0.855. The van der Waals surface area contributed by atoms with Gasteiger partial charge in [0.25, 0.3) is 5.09 Å². The molecule has 0 aromatic rings. The molecule has 64 valence electrons. The molecule has 0 aromatic carbocycles. The van der Waals surface area contributed by atoms with Crippen molar-refractivity contribution in [2.24, 2.45) is 0 Å². The summed E-state index contributed by atoms with van der Waals surface area (Å²) >= 11 is 0. The highest BCUT2D eigenvalue weighted by Gasteiger charge is 2.00. The van der Waals surface area contributed by atoms with E-state index < -0.39 is 12.9 Å². The zero-order valence-corrected chi connectivity index (χ0v) is 6.03. The highest BCUT2D eigenvalue weighted by Crippen LogP contribution is 2.25. The first-order valence-electron chi connectivity index (χ1n) is 1.35. The predicted molar refractivity (Wildman–Crippen MR) is 30.3 cm³/mol. The van der Waals surface area contributed by atoms with Crippen LogP contribution < -0.4 is 0 Å². The average Bonchev–Trinajstić information content (AvgIpc) is 1.19. The Labute approximate surface area is 60.9 Å². The lowest BCUT2D eigenvalue weighted by molar-refractivity contribution is -0.742. The number of halogens is 1. The van der Waals surface area contributed by atoms with Crippen molar-refractivity contribution in [1.29, 1.82) is 0 Å². The Morgan fingerprint density at radius 2 is 1.30 bits per heavy atom. The molecule has 4 N–H and O–H groups in total. The van der Waals surface area contributed by atoms with Crippen LogP contribution >= 0.6 is 20.2 Å². The van der Waals surface area contributed by atoms with Gasteiger partial charge in [-0.05, 0) is 0 Å². The molecule has 0 aliphatic rings. The Balaban J connectivity index is -0.0000000910. The summed E-state index contributed by atoms with van der Waals surface area (Å²) in [7, 11) is -4.64. The Kier molecular flexibility index (Phi) is 10.9. The molecule has 0 radical (unpaired) electrons. The first-order valence-corrected chi connectivity index (χ1v) is 2.91. The van der Waals surface area contributed by atoms with Crippen molar-refractivity contribution >= 4 is 20.2 Å². The topological polar surface area (TPSA) is 141 Å². The lowest BCUT2D eigenvalue weighted by Gasteiger charge is -1.82. The fraction of sp³-hybridized carbons (Fsp3) is 0. The van der Waals surface area contributed by atoms with Crippen molar-refractivity contribution in [3.8, 4) is 0 Å². The van der Waals surface area contributed by atoms with Gasteiger partial charge in [0.1, 0.15) is 0 Å². The molecule has 0 aromatic heterocycles. The summed E-state index contributed by atoms with van der Waals surface area (Å²) in [6.45, 7) is 0. The molecular weight excluding hydrogens is 192 g/mol. The molecule has 10 heavy (non-hydrogen) atoms. The summed E-state index contributed by atoms with van der Waals surface area (Å²) in [5, 5.41) is 13.6. The van der Waals surface area contributed by atoms with Gasteiger partial charge in [-0.15, -0.1) is 22.5 Å². The van der Waals surface area contributed by atoms with Crippen LogP contribution in [0.15, 0.2) is 0 Å². The standard InChI is InChI=1S/ClH.HNO3.H3O4P/c;2-1(3)4;1-5(2,3)4/h1H;(H,2,3,4);(H3,1,2,3,4). The molecule has 0 aliphatic carbocycles. The van der Waals surface area contributed by atoms with Crippen LogP contribution in [0, 0.1) is 10.1 Å². The minimum atomic E-state index is -4.64. The van der Waals surface area contributed by atoms with Crippen LogP contribution in [0.3, 0.4) is 0 Å². The van der Waals surface area contributed by atoms with Gasteiger partial charge in [-0.2, -0.15) is 0 Å². The van der Waals surface area contributed by atoms with E-state index in [9.17, 15) is 0 Å². The number of hydrogen-bond acceptors (Lipinski definition) is 3. The zero-order valence-electron chi connectivity index (χ0n) is 4.32. The minimum Gasteiger partial charge on any atom is -0.328 e. The summed E-state index contributed by atoms with van der Waals surface area (Å²) in [5.74, 6) is 0. The monoisotopic (exact) mass is 197 g/mol. The minimum absolute atomic E-state index is 0. The Bertz CT molecular complexity index is 113. The number of hydrogen-bond donors (Lipinski definition) is 4. The molecule has 0 amide bonds. The van der Waals surface area contributed by atoms with E-state index in [1.165, 1.54) is 0 Å². The van der Waals surface area contributed by atoms with Crippen LogP contribution in [-0.2, 0) is 4.57 Å². The number of phosphoric acid groups is 1. The first kappa shape index (κ1) is 16.3. The molecule has 0 aliphatic heterocycles. The highest BCUT2D eigenvalue weighted by molar-refractivity contribution is 7.45. The van der Waals surface area contributed by atoms with Gasteiger partial charge in [0.15, 0.2) is 0 Å². The molecule has 0 unspecified atom stereocenters. The van der Waals surface area contributed by atoms with E-state index in [0.717, 1.165) is 0 Å². The highest BCUT2D eigenvalue weighted by atomic mass is 35.5. The van der Waals surface area contributed by atoms with E-state index in [1.54, 1.807) is 0 Å². The van der Waals surface area contributed by atoms with Crippen molar-refractivity contribution in [3.05, 3.63) is 10.1 Å². The Morgan fingerprint density at radius 1 is 1.30 bits per heavy atom. The van der Waals surface area contributed by atoms with Gasteiger partial charge in [0, 0.05) is 0 Å². The van der Waals surface area contributed by atoms with Crippen LogP contribution in [-0.4, -0.2) is 25.0 Å². The van der Waals surface area contributed by atoms with Crippen LogP contribution in [0.2, 0.25) is 0 Å². The molecule has 0 saturated heterocycles. The summed E-state index contributed by atoms with van der Waals surface area (Å²) in [6.07, 6.45) is 0. The molecule has 0 spiro atoms. The molecule has 0 saturated carbocycles. The second kappa shape index (κ2) is 6.72. The molecule has 8 nitrogen and oxygen atoms in total. The zero-order chi connectivity index (χ0) is 8.08. The molecule has 10 heteroatoms. The smallest absolute Gasteiger partial charge is 0.328 e. The fourth-order valence-electron chi connectivity index (χ4n) is 0. The van der Waals surface area contributed by atoms with Gasteiger partial charge in [-0.1, -0.05) is 0 Å². The second-order valence-corrected chi connectivity index (χ2v) is 1.78. The van der Waals surface area contributed by atoms with Gasteiger partial charge < -0.3 is 19.9 Å². The van der Waals surface area contributed by atoms with Crippen LogP contribution in [0.25, 0.3) is 0 Å². The van der Waals surface area contributed by atoms with Crippen molar-refractivity contribution in [2.45, 2.75) is 0 Å². The van der Waals surface area contributed by atoms with E-state index in [2.05, 4.69) is 0 Å². The third-order valence-corrected chi connectivity index (χ3v) is 0. The van der Waals surface area contributed by atoms with Crippen molar-refractivity contribution in [2.75, 3.05) is 0 Å². The Hall–Kier alpha value is -0.400. The van der Waals surface area contributed by atoms with Crippen LogP contribution in [0.1, 0.15) is 0 Å². The van der Waals surface area contributed by atoms with E-state index >= 15 is 0 Å². The lowest BCUT2D eigenvalue weighted by atomic mass is 13.1. The maximum absolute atomic E-state index is 8.88. The van der Waals surface area contributed by atoms with E-state index in [0.29, 0.717) is 0 Å². The summed E-state index contributed by atoms with van der Waals surface area (Å²) < 4.78 is 8.88. The second-order valence-electron chi connectivity index (χ2n) is 0.751. The van der Waals surface area contributed by atoms with Crippen LogP contribution in [0.5, 0.6) is 0 Å². The first-order chi connectivity index (χ1) is 3.73. The summed E-state index contributed by atoms with van der Waals surface area (Å²) in [4.78, 5) is 29.9. The summed E-state index contributed by atoms with van der Waals surface area (Å²) in [6, 6.07) is 0. The van der Waals surface area contributed by atoms with E-state index in [1.807, 2.05) is 0 Å². The third kappa shape index (κ3) is 2070. The van der Waals surface area contributed by atoms with E-state index in [-0.39, 0.29) is 12.4 Å². The summed E-state index contributed by atoms with van der Waals surface area (Å²) in [5.41, 5.74) is 0. The average molecular weight is 197 g/mol. The molecule has 0 atom stereocenters. The molecule has 0 rings (SSSR count). The van der Waals surface area contributed by atoms with Crippen LogP contribution in [0.4, 0.5) is 0 Å². The Morgan fingerprint density at radius 3 is 1.30 bits per heavy atom. The maximum atomic E-state index is 8.88. The van der Waals surface area contributed by atoms with Gasteiger partial charge in [-0.3, -0.25) is 0 Å². The SMILES string of the molecule is Cl.O=P(O)(O)O.O=[N+]([O-])O. The quantitative estimate of drug-likeness (QED) is 0.225. The lowest BCUT2D eigenvalue weighted by Crippen LogP contribution is -1.81. The van der Waals surface area contributed by atoms with Gasteiger partial charge in [0.05, 0.1) is 0 Å². The van der Waals surface area contributed by atoms with Crippen molar-refractivity contribution in [3.63, 3.8) is 0 Å². The molecule has 0 heterocycles. The van der Waals surface area contributed by atoms with Gasteiger partial charge >= 0.3 is 7.82 Å². The van der Waals surface area contributed by atoms with Gasteiger partial charge in [0.2, 0.25) is 0 Å². The maximum Gasteiger partial charge on any atom is 0.466 e. The van der Waals surface area contributed by atoms with Crippen molar-refractivity contribution < 1.29 is 29.5 Å². The number of rotatable bonds is 0.